The minimum absolute atomic E-state index is 0.567. The van der Waals surface area contributed by atoms with Crippen LogP contribution in [0.4, 0.5) is 0 Å². The summed E-state index contributed by atoms with van der Waals surface area (Å²) in [5.74, 6) is -0.232. The van der Waals surface area contributed by atoms with Crippen molar-refractivity contribution in [2.45, 2.75) is 19.4 Å². The normalized spacial score (nSPS) is 18.3. The molecule has 0 aliphatic carbocycles. The SMILES string of the molecule is COc1ccc(C)cc1[C@@H](C(=O)O)N1CCCOCC1. The summed E-state index contributed by atoms with van der Waals surface area (Å²) in [7, 11) is 1.57. The molecule has 20 heavy (non-hydrogen) atoms. The third-order valence-electron chi connectivity index (χ3n) is 3.54. The molecule has 1 aromatic carbocycles. The Balaban J connectivity index is 2.36. The number of carbonyl (C=O) groups is 1. The number of hydrogen-bond acceptors (Lipinski definition) is 4. The molecular weight excluding hydrogens is 258 g/mol. The van der Waals surface area contributed by atoms with Crippen LogP contribution >= 0.6 is 0 Å². The largest absolute Gasteiger partial charge is 0.496 e. The minimum atomic E-state index is -0.851. The van der Waals surface area contributed by atoms with Crippen molar-refractivity contribution in [3.8, 4) is 5.75 Å². The van der Waals surface area contributed by atoms with Gasteiger partial charge in [-0.2, -0.15) is 0 Å². The van der Waals surface area contributed by atoms with Crippen LogP contribution in [0.15, 0.2) is 18.2 Å². The Morgan fingerprint density at radius 2 is 2.20 bits per heavy atom. The lowest BCUT2D eigenvalue weighted by atomic mass is 10.0. The number of ether oxygens (including phenoxy) is 2. The molecule has 0 saturated carbocycles. The molecule has 1 saturated heterocycles. The van der Waals surface area contributed by atoms with E-state index in [1.165, 1.54) is 0 Å². The number of aliphatic carboxylic acids is 1. The van der Waals surface area contributed by atoms with Gasteiger partial charge in [-0.3, -0.25) is 9.69 Å². The van der Waals surface area contributed by atoms with Crippen molar-refractivity contribution in [2.75, 3.05) is 33.4 Å². The van der Waals surface area contributed by atoms with E-state index in [0.29, 0.717) is 37.6 Å². The van der Waals surface area contributed by atoms with Crippen LogP contribution in [0.5, 0.6) is 5.75 Å². The summed E-state index contributed by atoms with van der Waals surface area (Å²) in [5, 5.41) is 9.64. The smallest absolute Gasteiger partial charge is 0.325 e. The van der Waals surface area contributed by atoms with Gasteiger partial charge in [-0.25, -0.2) is 0 Å². The summed E-state index contributed by atoms with van der Waals surface area (Å²) in [5.41, 5.74) is 1.74. The number of benzene rings is 1. The number of carboxylic acid groups (broad SMARTS) is 1. The highest BCUT2D eigenvalue weighted by molar-refractivity contribution is 5.77. The van der Waals surface area contributed by atoms with Crippen LogP contribution in [-0.2, 0) is 9.53 Å². The molecule has 5 nitrogen and oxygen atoms in total. The monoisotopic (exact) mass is 279 g/mol. The van der Waals surface area contributed by atoms with Gasteiger partial charge in [0.15, 0.2) is 0 Å². The van der Waals surface area contributed by atoms with Crippen molar-refractivity contribution in [1.82, 2.24) is 4.90 Å². The molecule has 1 N–H and O–H groups in total. The average molecular weight is 279 g/mol. The average Bonchev–Trinajstić information content (AvgIpc) is 2.68. The van der Waals surface area contributed by atoms with Crippen molar-refractivity contribution >= 4 is 5.97 Å². The van der Waals surface area contributed by atoms with Crippen molar-refractivity contribution in [1.29, 1.82) is 0 Å². The summed E-state index contributed by atoms with van der Waals surface area (Å²) < 4.78 is 10.7. The van der Waals surface area contributed by atoms with Crippen LogP contribution in [0.3, 0.4) is 0 Å². The summed E-state index contributed by atoms with van der Waals surface area (Å²) in [4.78, 5) is 13.7. The Kier molecular flexibility index (Phi) is 4.98. The maximum atomic E-state index is 11.8. The second kappa shape index (κ2) is 6.72. The van der Waals surface area contributed by atoms with Gasteiger partial charge in [0.05, 0.1) is 13.7 Å². The van der Waals surface area contributed by atoms with Gasteiger partial charge >= 0.3 is 5.97 Å². The van der Waals surface area contributed by atoms with Crippen molar-refractivity contribution in [3.63, 3.8) is 0 Å². The molecule has 5 heteroatoms. The molecule has 110 valence electrons. The van der Waals surface area contributed by atoms with Crippen LogP contribution < -0.4 is 4.74 Å². The lowest BCUT2D eigenvalue weighted by Gasteiger charge is -2.28. The molecule has 0 spiro atoms. The molecule has 1 fully saturated rings. The Labute approximate surface area is 119 Å². The highest BCUT2D eigenvalue weighted by Crippen LogP contribution is 2.31. The Morgan fingerprint density at radius 3 is 2.90 bits per heavy atom. The fourth-order valence-electron chi connectivity index (χ4n) is 2.58. The van der Waals surface area contributed by atoms with E-state index in [2.05, 4.69) is 0 Å². The van der Waals surface area contributed by atoms with Gasteiger partial charge in [-0.1, -0.05) is 17.7 Å². The minimum Gasteiger partial charge on any atom is -0.496 e. The zero-order valence-electron chi connectivity index (χ0n) is 12.0. The molecule has 1 atom stereocenters. The molecule has 1 aliphatic rings. The van der Waals surface area contributed by atoms with Gasteiger partial charge in [-0.15, -0.1) is 0 Å². The highest BCUT2D eigenvalue weighted by Gasteiger charge is 2.30. The topological polar surface area (TPSA) is 59.0 Å². The van der Waals surface area contributed by atoms with E-state index in [1.807, 2.05) is 30.0 Å². The molecule has 1 aromatic rings. The van der Waals surface area contributed by atoms with Crippen molar-refractivity contribution in [2.24, 2.45) is 0 Å². The number of carboxylic acids is 1. The first-order valence-corrected chi connectivity index (χ1v) is 6.82. The molecule has 2 rings (SSSR count). The lowest BCUT2D eigenvalue weighted by Crippen LogP contribution is -2.36. The molecule has 0 bridgehead atoms. The lowest BCUT2D eigenvalue weighted by molar-refractivity contribution is -0.143. The summed E-state index contributed by atoms with van der Waals surface area (Å²) in [6.07, 6.45) is 0.845. The summed E-state index contributed by atoms with van der Waals surface area (Å²) >= 11 is 0. The van der Waals surface area contributed by atoms with Crippen LogP contribution in [0.2, 0.25) is 0 Å². The second-order valence-corrected chi connectivity index (χ2v) is 4.99. The zero-order valence-corrected chi connectivity index (χ0v) is 12.0. The number of methoxy groups -OCH3 is 1. The number of rotatable bonds is 4. The van der Waals surface area contributed by atoms with E-state index >= 15 is 0 Å². The number of nitrogens with zero attached hydrogens (tertiary/aromatic N) is 1. The molecule has 1 aliphatic heterocycles. The van der Waals surface area contributed by atoms with Gasteiger partial charge in [0, 0.05) is 25.3 Å². The Bertz CT molecular complexity index is 467. The Hall–Kier alpha value is -1.59. The molecule has 1 heterocycles. The van der Waals surface area contributed by atoms with Gasteiger partial charge in [-0.05, 0) is 19.4 Å². The standard InChI is InChI=1S/C15H21NO4/c1-11-4-5-13(19-2)12(10-11)14(15(17)18)16-6-3-8-20-9-7-16/h4-5,10,14H,3,6-9H2,1-2H3,(H,17,18)/t14-/m0/s1. The predicted molar refractivity (Wildman–Crippen MR) is 75.1 cm³/mol. The quantitative estimate of drug-likeness (QED) is 0.911. The fourth-order valence-corrected chi connectivity index (χ4v) is 2.58. The predicted octanol–water partition coefficient (Wildman–Crippen LogP) is 1.85. The fraction of sp³-hybridized carbons (Fsp3) is 0.533. The van der Waals surface area contributed by atoms with Crippen LogP contribution in [0.25, 0.3) is 0 Å². The number of aryl methyl sites for hydroxylation is 1. The summed E-state index contributed by atoms with van der Waals surface area (Å²) in [6, 6.07) is 4.96. The first kappa shape index (κ1) is 14.8. The van der Waals surface area contributed by atoms with Gasteiger partial charge in [0.25, 0.3) is 0 Å². The van der Waals surface area contributed by atoms with Crippen molar-refractivity contribution < 1.29 is 19.4 Å². The van der Waals surface area contributed by atoms with E-state index in [9.17, 15) is 9.90 Å². The van der Waals surface area contributed by atoms with Crippen molar-refractivity contribution in [3.05, 3.63) is 29.3 Å². The van der Waals surface area contributed by atoms with E-state index in [-0.39, 0.29) is 0 Å². The van der Waals surface area contributed by atoms with E-state index in [4.69, 9.17) is 9.47 Å². The van der Waals surface area contributed by atoms with Crippen LogP contribution in [0.1, 0.15) is 23.6 Å². The van der Waals surface area contributed by atoms with Gasteiger partial charge in [0.2, 0.25) is 0 Å². The van der Waals surface area contributed by atoms with E-state index < -0.39 is 12.0 Å². The molecule has 0 aromatic heterocycles. The maximum absolute atomic E-state index is 11.8. The second-order valence-electron chi connectivity index (χ2n) is 4.99. The third-order valence-corrected chi connectivity index (χ3v) is 3.54. The van der Waals surface area contributed by atoms with Gasteiger partial charge < -0.3 is 14.6 Å². The van der Waals surface area contributed by atoms with Gasteiger partial charge in [0.1, 0.15) is 11.8 Å². The molecule has 0 unspecified atom stereocenters. The highest BCUT2D eigenvalue weighted by atomic mass is 16.5. The van der Waals surface area contributed by atoms with E-state index in [1.54, 1.807) is 7.11 Å². The molecule has 0 radical (unpaired) electrons. The van der Waals surface area contributed by atoms with Crippen LogP contribution in [0, 0.1) is 6.92 Å². The Morgan fingerprint density at radius 1 is 1.40 bits per heavy atom. The first-order valence-electron chi connectivity index (χ1n) is 6.82. The molecular formula is C15H21NO4. The number of hydrogen-bond donors (Lipinski definition) is 1. The maximum Gasteiger partial charge on any atom is 0.325 e. The summed E-state index contributed by atoms with van der Waals surface area (Å²) in [6.45, 7) is 4.54. The zero-order chi connectivity index (χ0) is 14.5. The first-order chi connectivity index (χ1) is 9.63. The third kappa shape index (κ3) is 3.29. The van der Waals surface area contributed by atoms with E-state index in [0.717, 1.165) is 12.0 Å². The molecule has 0 amide bonds. The van der Waals surface area contributed by atoms with Crippen LogP contribution in [-0.4, -0.2) is 49.4 Å².